The van der Waals surface area contributed by atoms with Gasteiger partial charge in [-0.05, 0) is 43.4 Å². The van der Waals surface area contributed by atoms with Crippen molar-refractivity contribution < 1.29 is 8.78 Å². The first kappa shape index (κ1) is 13.3. The number of piperidine rings is 1. The Labute approximate surface area is 107 Å². The quantitative estimate of drug-likeness (QED) is 0.897. The van der Waals surface area contributed by atoms with E-state index in [0.717, 1.165) is 32.2 Å². The minimum atomic E-state index is -0.490. The molecular weight excluding hydrogens is 234 g/mol. The molecule has 1 aromatic rings. The van der Waals surface area contributed by atoms with E-state index in [1.165, 1.54) is 12.1 Å². The molecule has 4 heteroatoms. The fourth-order valence-electron chi connectivity index (χ4n) is 2.73. The van der Waals surface area contributed by atoms with E-state index < -0.39 is 11.6 Å². The highest BCUT2D eigenvalue weighted by molar-refractivity contribution is 5.52. The smallest absolute Gasteiger partial charge is 0.149 e. The van der Waals surface area contributed by atoms with E-state index in [0.29, 0.717) is 5.56 Å². The van der Waals surface area contributed by atoms with Crippen molar-refractivity contribution in [2.24, 2.45) is 5.73 Å². The predicted molar refractivity (Wildman–Crippen MR) is 69.5 cm³/mol. The number of hydrogen-bond donors (Lipinski definition) is 1. The van der Waals surface area contributed by atoms with Crippen molar-refractivity contribution >= 4 is 5.69 Å². The van der Waals surface area contributed by atoms with Crippen LogP contribution in [0.25, 0.3) is 0 Å². The second kappa shape index (κ2) is 5.65. The molecule has 0 spiro atoms. The van der Waals surface area contributed by atoms with Gasteiger partial charge >= 0.3 is 0 Å². The molecule has 0 bridgehead atoms. The maximum atomic E-state index is 14.1. The summed E-state index contributed by atoms with van der Waals surface area (Å²) in [4.78, 5) is 1.88. The molecule has 2 rings (SSSR count). The van der Waals surface area contributed by atoms with Gasteiger partial charge in [0.1, 0.15) is 17.3 Å². The van der Waals surface area contributed by atoms with Gasteiger partial charge in [0.05, 0.1) is 0 Å². The first-order chi connectivity index (χ1) is 8.67. The number of hydrogen-bond acceptors (Lipinski definition) is 2. The molecule has 1 aliphatic rings. The van der Waals surface area contributed by atoms with Gasteiger partial charge < -0.3 is 10.6 Å². The maximum absolute atomic E-state index is 14.1. The van der Waals surface area contributed by atoms with E-state index in [1.54, 1.807) is 0 Å². The second-order valence-corrected chi connectivity index (χ2v) is 4.86. The van der Waals surface area contributed by atoms with Crippen molar-refractivity contribution in [1.29, 1.82) is 0 Å². The Morgan fingerprint density at radius 3 is 2.50 bits per heavy atom. The van der Waals surface area contributed by atoms with Gasteiger partial charge in [0.2, 0.25) is 0 Å². The zero-order chi connectivity index (χ0) is 13.1. The molecule has 2 nitrogen and oxygen atoms in total. The minimum Gasteiger partial charge on any atom is -0.364 e. The summed E-state index contributed by atoms with van der Waals surface area (Å²) in [7, 11) is 0. The average molecular weight is 254 g/mol. The van der Waals surface area contributed by atoms with Crippen molar-refractivity contribution in [3.63, 3.8) is 0 Å². The van der Waals surface area contributed by atoms with Crippen LogP contribution in [0, 0.1) is 11.6 Å². The van der Waals surface area contributed by atoms with Gasteiger partial charge in [-0.1, -0.05) is 6.92 Å². The normalized spacial score (nSPS) is 20.2. The van der Waals surface area contributed by atoms with Gasteiger partial charge in [-0.25, -0.2) is 8.78 Å². The largest absolute Gasteiger partial charge is 0.364 e. The van der Waals surface area contributed by atoms with Gasteiger partial charge in [-0.3, -0.25) is 0 Å². The highest BCUT2D eigenvalue weighted by Crippen LogP contribution is 2.31. The van der Waals surface area contributed by atoms with E-state index in [9.17, 15) is 8.78 Å². The highest BCUT2D eigenvalue weighted by atomic mass is 19.1. The summed E-state index contributed by atoms with van der Waals surface area (Å²) in [5.74, 6) is -0.980. The molecule has 0 radical (unpaired) electrons. The lowest BCUT2D eigenvalue weighted by atomic mass is 9.98. The maximum Gasteiger partial charge on any atom is 0.149 e. The lowest BCUT2D eigenvalue weighted by molar-refractivity contribution is 0.434. The Morgan fingerprint density at radius 1 is 1.28 bits per heavy atom. The molecule has 1 aliphatic heterocycles. The first-order valence-corrected chi connectivity index (χ1v) is 6.62. The zero-order valence-corrected chi connectivity index (χ0v) is 10.8. The lowest BCUT2D eigenvalue weighted by Crippen LogP contribution is -2.40. The summed E-state index contributed by atoms with van der Waals surface area (Å²) >= 11 is 0. The van der Waals surface area contributed by atoms with Crippen LogP contribution in [0.1, 0.15) is 38.2 Å². The van der Waals surface area contributed by atoms with Crippen LogP contribution in [-0.4, -0.2) is 12.6 Å². The molecule has 1 fully saturated rings. The highest BCUT2D eigenvalue weighted by Gasteiger charge is 2.26. The van der Waals surface area contributed by atoms with Gasteiger partial charge in [0.25, 0.3) is 0 Å². The minimum absolute atomic E-state index is 0.124. The zero-order valence-electron chi connectivity index (χ0n) is 10.8. The molecule has 1 unspecified atom stereocenters. The Bertz CT molecular complexity index is 397. The van der Waals surface area contributed by atoms with Crippen molar-refractivity contribution in [2.45, 2.75) is 45.2 Å². The molecule has 0 saturated carbocycles. The van der Waals surface area contributed by atoms with Crippen molar-refractivity contribution in [2.75, 3.05) is 11.4 Å². The number of benzene rings is 1. The van der Waals surface area contributed by atoms with Crippen LogP contribution in [0.5, 0.6) is 0 Å². The monoisotopic (exact) mass is 254 g/mol. The van der Waals surface area contributed by atoms with Crippen LogP contribution in [-0.2, 0) is 6.54 Å². The fraction of sp³-hybridized carbons (Fsp3) is 0.571. The van der Waals surface area contributed by atoms with Crippen molar-refractivity contribution in [3.8, 4) is 0 Å². The van der Waals surface area contributed by atoms with E-state index in [4.69, 9.17) is 5.73 Å². The summed E-state index contributed by atoms with van der Waals surface area (Å²) in [6, 6.07) is 2.94. The van der Waals surface area contributed by atoms with Crippen LogP contribution >= 0.6 is 0 Å². The standard InChI is InChI=1S/C14H20F2N2/c1-2-11-5-3-4-6-18(11)14-12(15)7-10(9-17)8-13(14)16/h7-8,11H,2-6,9,17H2,1H3. The number of nitrogens with zero attached hydrogens (tertiary/aromatic N) is 1. The van der Waals surface area contributed by atoms with Crippen LogP contribution in [0.4, 0.5) is 14.5 Å². The van der Waals surface area contributed by atoms with Crippen molar-refractivity contribution in [1.82, 2.24) is 0 Å². The molecule has 0 aliphatic carbocycles. The SMILES string of the molecule is CCC1CCCCN1c1c(F)cc(CN)cc1F. The summed E-state index contributed by atoms with van der Waals surface area (Å²) in [5.41, 5.74) is 6.05. The Balaban J connectivity index is 2.37. The molecule has 1 aromatic carbocycles. The predicted octanol–water partition coefficient (Wildman–Crippen LogP) is 3.19. The molecule has 18 heavy (non-hydrogen) atoms. The Kier molecular flexibility index (Phi) is 4.17. The number of halogens is 2. The van der Waals surface area contributed by atoms with Crippen LogP contribution < -0.4 is 10.6 Å². The average Bonchev–Trinajstić information content (AvgIpc) is 2.38. The molecular formula is C14H20F2N2. The van der Waals surface area contributed by atoms with Gasteiger partial charge in [0, 0.05) is 19.1 Å². The summed E-state index contributed by atoms with van der Waals surface area (Å²) in [5, 5.41) is 0. The molecule has 1 heterocycles. The molecule has 2 N–H and O–H groups in total. The molecule has 100 valence electrons. The van der Waals surface area contributed by atoms with E-state index in [2.05, 4.69) is 6.92 Å². The molecule has 1 atom stereocenters. The number of nitrogens with two attached hydrogens (primary N) is 1. The third kappa shape index (κ3) is 2.48. The van der Waals surface area contributed by atoms with E-state index >= 15 is 0 Å². The van der Waals surface area contributed by atoms with Gasteiger partial charge in [-0.15, -0.1) is 0 Å². The third-order valence-electron chi connectivity index (χ3n) is 3.70. The number of anilines is 1. The van der Waals surface area contributed by atoms with Crippen LogP contribution in [0.2, 0.25) is 0 Å². The van der Waals surface area contributed by atoms with E-state index in [-0.39, 0.29) is 18.3 Å². The fourth-order valence-corrected chi connectivity index (χ4v) is 2.73. The molecule has 0 aromatic heterocycles. The van der Waals surface area contributed by atoms with Gasteiger partial charge in [0.15, 0.2) is 0 Å². The van der Waals surface area contributed by atoms with Crippen molar-refractivity contribution in [3.05, 3.63) is 29.3 Å². The topological polar surface area (TPSA) is 29.3 Å². The van der Waals surface area contributed by atoms with Gasteiger partial charge in [-0.2, -0.15) is 0 Å². The second-order valence-electron chi connectivity index (χ2n) is 4.86. The first-order valence-electron chi connectivity index (χ1n) is 6.62. The van der Waals surface area contributed by atoms with E-state index in [1.807, 2.05) is 4.90 Å². The Morgan fingerprint density at radius 2 is 1.94 bits per heavy atom. The number of rotatable bonds is 3. The third-order valence-corrected chi connectivity index (χ3v) is 3.70. The molecule has 1 saturated heterocycles. The van der Waals surface area contributed by atoms with Crippen LogP contribution in [0.15, 0.2) is 12.1 Å². The van der Waals surface area contributed by atoms with Crippen LogP contribution in [0.3, 0.4) is 0 Å². The summed E-state index contributed by atoms with van der Waals surface area (Å²) < 4.78 is 28.1. The molecule has 0 amide bonds. The summed E-state index contributed by atoms with van der Waals surface area (Å²) in [6.45, 7) is 2.95. The summed E-state index contributed by atoms with van der Waals surface area (Å²) in [6.07, 6.45) is 4.05. The lowest BCUT2D eigenvalue weighted by Gasteiger charge is -2.37. The Hall–Kier alpha value is -1.16.